The molecular formula is C5H9FO. The van der Waals surface area contributed by atoms with Crippen LogP contribution < -0.4 is 0 Å². The highest BCUT2D eigenvalue weighted by Gasteiger charge is 1.99. The first-order valence-electron chi connectivity index (χ1n) is 2.36. The summed E-state index contributed by atoms with van der Waals surface area (Å²) in [5, 5.41) is 0. The van der Waals surface area contributed by atoms with Crippen LogP contribution in [0.1, 0.15) is 13.3 Å². The van der Waals surface area contributed by atoms with Crippen LogP contribution in [-0.2, 0) is 4.79 Å². The van der Waals surface area contributed by atoms with Crippen molar-refractivity contribution < 1.29 is 9.18 Å². The van der Waals surface area contributed by atoms with E-state index in [9.17, 15) is 9.18 Å². The SMILES string of the molecule is CCC(C=O)CF. The molecule has 0 spiro atoms. The van der Waals surface area contributed by atoms with Gasteiger partial charge in [-0.3, -0.25) is 4.39 Å². The van der Waals surface area contributed by atoms with E-state index in [4.69, 9.17) is 0 Å². The van der Waals surface area contributed by atoms with Gasteiger partial charge >= 0.3 is 0 Å². The molecule has 0 aromatic heterocycles. The number of rotatable bonds is 3. The van der Waals surface area contributed by atoms with Crippen molar-refractivity contribution in [3.8, 4) is 0 Å². The largest absolute Gasteiger partial charge is 0.303 e. The van der Waals surface area contributed by atoms with E-state index in [0.717, 1.165) is 0 Å². The number of carbonyl (C=O) groups is 1. The van der Waals surface area contributed by atoms with Crippen molar-refractivity contribution in [3.63, 3.8) is 0 Å². The van der Waals surface area contributed by atoms with Gasteiger partial charge in [-0.1, -0.05) is 6.92 Å². The van der Waals surface area contributed by atoms with Gasteiger partial charge in [-0.25, -0.2) is 0 Å². The fraction of sp³-hybridized carbons (Fsp3) is 0.800. The molecule has 0 fully saturated rings. The Morgan fingerprint density at radius 3 is 2.43 bits per heavy atom. The van der Waals surface area contributed by atoms with Gasteiger partial charge in [0.1, 0.15) is 6.29 Å². The van der Waals surface area contributed by atoms with Gasteiger partial charge in [-0.2, -0.15) is 0 Å². The van der Waals surface area contributed by atoms with Crippen LogP contribution in [0.15, 0.2) is 0 Å². The van der Waals surface area contributed by atoms with Gasteiger partial charge in [0, 0.05) is 5.92 Å². The Kier molecular flexibility index (Phi) is 3.56. The highest BCUT2D eigenvalue weighted by molar-refractivity contribution is 5.53. The number of hydrogen-bond donors (Lipinski definition) is 0. The number of aldehydes is 1. The molecule has 1 unspecified atom stereocenters. The third-order valence-corrected chi connectivity index (χ3v) is 0.915. The predicted octanol–water partition coefficient (Wildman–Crippen LogP) is 1.18. The first-order chi connectivity index (χ1) is 3.35. The van der Waals surface area contributed by atoms with Crippen LogP contribution in [0.5, 0.6) is 0 Å². The molecule has 0 N–H and O–H groups in total. The van der Waals surface area contributed by atoms with Crippen LogP contribution in [0.4, 0.5) is 4.39 Å². The van der Waals surface area contributed by atoms with Gasteiger partial charge in [0.25, 0.3) is 0 Å². The Hall–Kier alpha value is -0.400. The normalized spacial score (nSPS) is 13.4. The van der Waals surface area contributed by atoms with Crippen LogP contribution >= 0.6 is 0 Å². The molecule has 0 bridgehead atoms. The third-order valence-electron chi connectivity index (χ3n) is 0.915. The van der Waals surface area contributed by atoms with E-state index in [0.29, 0.717) is 12.7 Å². The van der Waals surface area contributed by atoms with Crippen molar-refractivity contribution in [2.75, 3.05) is 6.67 Å². The summed E-state index contributed by atoms with van der Waals surface area (Å²) in [7, 11) is 0. The summed E-state index contributed by atoms with van der Waals surface area (Å²) in [6, 6.07) is 0. The minimum Gasteiger partial charge on any atom is -0.303 e. The molecule has 2 heteroatoms. The lowest BCUT2D eigenvalue weighted by atomic mass is 10.1. The van der Waals surface area contributed by atoms with Crippen LogP contribution in [-0.4, -0.2) is 13.0 Å². The number of halogens is 1. The first-order valence-corrected chi connectivity index (χ1v) is 2.36. The lowest BCUT2D eigenvalue weighted by Gasteiger charge is -1.94. The van der Waals surface area contributed by atoms with Gasteiger partial charge in [0.2, 0.25) is 0 Å². The Labute approximate surface area is 42.5 Å². The molecule has 0 aromatic carbocycles. The summed E-state index contributed by atoms with van der Waals surface area (Å²) in [5.74, 6) is -0.361. The minimum atomic E-state index is -0.514. The molecule has 0 aliphatic carbocycles. The number of alkyl halides is 1. The highest BCUT2D eigenvalue weighted by Crippen LogP contribution is 1.96. The van der Waals surface area contributed by atoms with Gasteiger partial charge in [-0.15, -0.1) is 0 Å². The molecule has 0 aliphatic heterocycles. The second-order valence-electron chi connectivity index (χ2n) is 1.46. The number of hydrogen-bond acceptors (Lipinski definition) is 1. The predicted molar refractivity (Wildman–Crippen MR) is 25.8 cm³/mol. The summed E-state index contributed by atoms with van der Waals surface area (Å²) in [6.07, 6.45) is 1.26. The average Bonchev–Trinajstić information content (AvgIpc) is 1.72. The molecular weight excluding hydrogens is 95.1 g/mol. The molecule has 0 saturated carbocycles. The van der Waals surface area contributed by atoms with Crippen molar-refractivity contribution in [2.24, 2.45) is 5.92 Å². The van der Waals surface area contributed by atoms with E-state index in [-0.39, 0.29) is 5.92 Å². The maximum absolute atomic E-state index is 11.4. The Morgan fingerprint density at radius 1 is 1.86 bits per heavy atom. The summed E-state index contributed by atoms with van der Waals surface area (Å²) < 4.78 is 11.4. The van der Waals surface area contributed by atoms with Gasteiger partial charge in [0.15, 0.2) is 0 Å². The zero-order valence-corrected chi connectivity index (χ0v) is 4.36. The fourth-order valence-corrected chi connectivity index (χ4v) is 0.242. The summed E-state index contributed by atoms with van der Waals surface area (Å²) in [5.41, 5.74) is 0. The Morgan fingerprint density at radius 2 is 2.43 bits per heavy atom. The van der Waals surface area contributed by atoms with E-state index in [1.165, 1.54) is 0 Å². The molecule has 0 aromatic rings. The zero-order chi connectivity index (χ0) is 5.70. The second kappa shape index (κ2) is 3.78. The summed E-state index contributed by atoms with van der Waals surface area (Å²) in [4.78, 5) is 9.73. The zero-order valence-electron chi connectivity index (χ0n) is 4.36. The molecule has 0 heterocycles. The molecule has 0 saturated heterocycles. The highest BCUT2D eigenvalue weighted by atomic mass is 19.1. The van der Waals surface area contributed by atoms with Crippen LogP contribution in [0, 0.1) is 5.92 Å². The molecule has 0 radical (unpaired) electrons. The first kappa shape index (κ1) is 6.60. The van der Waals surface area contributed by atoms with Crippen molar-refractivity contribution >= 4 is 6.29 Å². The van der Waals surface area contributed by atoms with Crippen molar-refractivity contribution in [3.05, 3.63) is 0 Å². The van der Waals surface area contributed by atoms with Crippen LogP contribution in [0.3, 0.4) is 0 Å². The van der Waals surface area contributed by atoms with Gasteiger partial charge in [-0.05, 0) is 6.42 Å². The molecule has 1 atom stereocenters. The van der Waals surface area contributed by atoms with Gasteiger partial charge in [0.05, 0.1) is 6.67 Å². The Bertz CT molecular complexity index is 50.0. The lowest BCUT2D eigenvalue weighted by Crippen LogP contribution is -2.00. The molecule has 0 amide bonds. The monoisotopic (exact) mass is 104 g/mol. The smallest absolute Gasteiger partial charge is 0.125 e. The standard InChI is InChI=1S/C5H9FO/c1-2-5(3-6)4-7/h4-5H,2-3H2,1H3. The quantitative estimate of drug-likeness (QED) is 0.491. The van der Waals surface area contributed by atoms with Crippen LogP contribution in [0.2, 0.25) is 0 Å². The topological polar surface area (TPSA) is 17.1 Å². The maximum Gasteiger partial charge on any atom is 0.125 e. The minimum absolute atomic E-state index is 0.361. The average molecular weight is 104 g/mol. The van der Waals surface area contributed by atoms with E-state index >= 15 is 0 Å². The second-order valence-corrected chi connectivity index (χ2v) is 1.46. The van der Waals surface area contributed by atoms with Gasteiger partial charge < -0.3 is 4.79 Å². The molecule has 1 nitrogen and oxygen atoms in total. The molecule has 7 heavy (non-hydrogen) atoms. The Balaban J connectivity index is 3.16. The van der Waals surface area contributed by atoms with Crippen molar-refractivity contribution in [1.82, 2.24) is 0 Å². The maximum atomic E-state index is 11.4. The van der Waals surface area contributed by atoms with Crippen molar-refractivity contribution in [2.45, 2.75) is 13.3 Å². The number of carbonyl (C=O) groups excluding carboxylic acids is 1. The molecule has 0 aliphatic rings. The lowest BCUT2D eigenvalue weighted by molar-refractivity contribution is -0.111. The van der Waals surface area contributed by atoms with E-state index in [1.807, 2.05) is 0 Å². The summed E-state index contributed by atoms with van der Waals surface area (Å²) >= 11 is 0. The van der Waals surface area contributed by atoms with Crippen LogP contribution in [0.25, 0.3) is 0 Å². The summed E-state index contributed by atoms with van der Waals surface area (Å²) in [6.45, 7) is 1.28. The van der Waals surface area contributed by atoms with E-state index in [2.05, 4.69) is 0 Å². The molecule has 42 valence electrons. The van der Waals surface area contributed by atoms with E-state index in [1.54, 1.807) is 6.92 Å². The van der Waals surface area contributed by atoms with Crippen molar-refractivity contribution in [1.29, 1.82) is 0 Å². The third kappa shape index (κ3) is 2.31. The van der Waals surface area contributed by atoms with E-state index < -0.39 is 6.67 Å². The molecule has 0 rings (SSSR count). The fourth-order valence-electron chi connectivity index (χ4n) is 0.242.